The van der Waals surface area contributed by atoms with Crippen LogP contribution in [-0.2, 0) is 4.79 Å². The second-order valence-corrected chi connectivity index (χ2v) is 8.13. The third-order valence-corrected chi connectivity index (χ3v) is 6.43. The highest BCUT2D eigenvalue weighted by Gasteiger charge is 2.33. The van der Waals surface area contributed by atoms with Crippen LogP contribution in [0.25, 0.3) is 0 Å². The molecule has 178 valence electrons. The van der Waals surface area contributed by atoms with Crippen LogP contribution in [0, 0.1) is 11.7 Å². The molecule has 1 unspecified atom stereocenters. The number of nitrogens with zero attached hydrogens (tertiary/aromatic N) is 1. The highest BCUT2D eigenvalue weighted by Crippen LogP contribution is 2.40. The Morgan fingerprint density at radius 2 is 1.81 bits per heavy atom. The fourth-order valence-corrected chi connectivity index (χ4v) is 4.68. The van der Waals surface area contributed by atoms with Gasteiger partial charge in [0, 0.05) is 25.7 Å². The Morgan fingerprint density at radius 1 is 1.16 bits per heavy atom. The Bertz CT molecular complexity index is 868. The molecule has 2 aliphatic rings. The van der Waals surface area contributed by atoms with Crippen LogP contribution in [0.3, 0.4) is 0 Å². The third kappa shape index (κ3) is 6.83. The van der Waals surface area contributed by atoms with Crippen molar-refractivity contribution >= 4 is 11.5 Å². The van der Waals surface area contributed by atoms with E-state index in [4.69, 9.17) is 0 Å². The van der Waals surface area contributed by atoms with Gasteiger partial charge >= 0.3 is 0 Å². The quantitative estimate of drug-likeness (QED) is 0.467. The van der Waals surface area contributed by atoms with Gasteiger partial charge in [0.05, 0.1) is 0 Å². The van der Waals surface area contributed by atoms with Crippen LogP contribution in [0.15, 0.2) is 64.2 Å². The van der Waals surface area contributed by atoms with Gasteiger partial charge in [-0.1, -0.05) is 63.5 Å². The first-order valence-corrected chi connectivity index (χ1v) is 11.9. The molecule has 4 heteroatoms. The number of ketones is 1. The predicted octanol–water partition coefficient (Wildman–Crippen LogP) is 8.18. The number of hydrogen-bond acceptors (Lipinski definition) is 3. The minimum atomic E-state index is -0.228. The number of allylic oxidation sites excluding steroid dienone is 6. The van der Waals surface area contributed by atoms with E-state index in [-0.39, 0.29) is 31.0 Å². The number of carbonyl (C=O) groups is 1. The Kier molecular flexibility index (Phi) is 12.1. The van der Waals surface area contributed by atoms with Gasteiger partial charge in [-0.15, -0.1) is 0 Å². The molecule has 0 bridgehead atoms. The fourth-order valence-electron chi connectivity index (χ4n) is 4.68. The second-order valence-electron chi connectivity index (χ2n) is 8.13. The highest BCUT2D eigenvalue weighted by atomic mass is 19.1. The Labute approximate surface area is 195 Å². The molecule has 1 fully saturated rings. The molecule has 0 saturated heterocycles. The third-order valence-electron chi connectivity index (χ3n) is 6.43. The summed E-state index contributed by atoms with van der Waals surface area (Å²) in [4.78, 5) is 18.1. The molecule has 32 heavy (non-hydrogen) atoms. The maximum Gasteiger partial charge on any atom is 0.166 e. The smallest absolute Gasteiger partial charge is 0.166 e. The minimum absolute atomic E-state index is 0. The van der Waals surface area contributed by atoms with Crippen LogP contribution in [0.1, 0.15) is 85.5 Å². The molecule has 3 N–H and O–H groups in total. The number of benzene rings is 1. The summed E-state index contributed by atoms with van der Waals surface area (Å²) in [6.07, 6.45) is 13.2. The van der Waals surface area contributed by atoms with Crippen molar-refractivity contribution in [2.24, 2.45) is 10.9 Å². The number of rotatable bonds is 5. The molecule has 1 aromatic rings. The van der Waals surface area contributed by atoms with E-state index in [0.717, 1.165) is 67.4 Å². The lowest BCUT2D eigenvalue weighted by atomic mass is 9.72. The molecule has 0 spiro atoms. The summed E-state index contributed by atoms with van der Waals surface area (Å²) >= 11 is 0. The number of aliphatic imine (C=N–C) groups is 1. The molecule has 0 radical (unpaired) electrons. The van der Waals surface area contributed by atoms with Crippen molar-refractivity contribution in [3.8, 4) is 0 Å². The van der Waals surface area contributed by atoms with Crippen molar-refractivity contribution in [2.75, 3.05) is 7.05 Å². The zero-order valence-corrected chi connectivity index (χ0v) is 20.6. The average molecular weight is 443 g/mol. The SMILES string of the molecule is CC.CC/C1=C(C(C)=NC)/C=C(C(=O)C2CCCC[C@H]2c2ccc(F)cc2)\C=C\CC1.N.[HH]. The van der Waals surface area contributed by atoms with E-state index < -0.39 is 0 Å². The predicted molar refractivity (Wildman–Crippen MR) is 137 cm³/mol. The summed E-state index contributed by atoms with van der Waals surface area (Å²) < 4.78 is 13.4. The molecule has 1 saturated carbocycles. The largest absolute Gasteiger partial charge is 0.344 e. The zero-order chi connectivity index (χ0) is 22.8. The maximum absolute atomic E-state index is 13.7. The van der Waals surface area contributed by atoms with Crippen LogP contribution >= 0.6 is 0 Å². The van der Waals surface area contributed by atoms with Crippen molar-refractivity contribution < 1.29 is 10.6 Å². The van der Waals surface area contributed by atoms with Crippen molar-refractivity contribution in [3.63, 3.8) is 0 Å². The van der Waals surface area contributed by atoms with Crippen molar-refractivity contribution in [1.82, 2.24) is 6.15 Å². The summed E-state index contributed by atoms with van der Waals surface area (Å²) in [7, 11) is 1.81. The molecule has 3 nitrogen and oxygen atoms in total. The normalized spacial score (nSPS) is 26.3. The summed E-state index contributed by atoms with van der Waals surface area (Å²) in [5, 5.41) is 0. The van der Waals surface area contributed by atoms with E-state index in [2.05, 4.69) is 24.1 Å². The maximum atomic E-state index is 13.7. The van der Waals surface area contributed by atoms with E-state index in [1.807, 2.05) is 46.0 Å². The van der Waals surface area contributed by atoms with Gasteiger partial charge in [0.1, 0.15) is 5.82 Å². The van der Waals surface area contributed by atoms with Crippen LogP contribution in [0.2, 0.25) is 0 Å². The number of carbonyl (C=O) groups excluding carboxylic acids is 1. The lowest BCUT2D eigenvalue weighted by Crippen LogP contribution is -2.27. The van der Waals surface area contributed by atoms with Crippen molar-refractivity contribution in [3.05, 3.63) is 70.6 Å². The van der Waals surface area contributed by atoms with Crippen LogP contribution in [0.4, 0.5) is 4.39 Å². The van der Waals surface area contributed by atoms with E-state index in [1.165, 1.54) is 17.7 Å². The van der Waals surface area contributed by atoms with E-state index in [0.29, 0.717) is 0 Å². The number of Topliss-reactive ketones (excluding diaryl/α,β-unsaturated/α-hetero) is 1. The molecule has 0 amide bonds. The van der Waals surface area contributed by atoms with Crippen LogP contribution < -0.4 is 6.15 Å². The summed E-state index contributed by atoms with van der Waals surface area (Å²) in [5.41, 5.74) is 5.34. The standard InChI is InChI=1S/C26H32FNO.C2H6.H3N.H2/c1-4-19-9-5-6-10-21(17-25(19)18(2)28-3)26(29)24-12-8-7-11-23(24)20-13-15-22(27)16-14-20;1-2;;/h6,10,13-17,23-24H,4-5,7-9,11-12H2,1-3H3;1-2H3;1H3;1H/b10-6+,21-17+,25-19+,28-18?;;;/t23-,24?;;;/m0.../s1. The van der Waals surface area contributed by atoms with Gasteiger partial charge in [-0.2, -0.15) is 0 Å². The molecule has 1 aromatic carbocycles. The molecule has 0 heterocycles. The van der Waals surface area contributed by atoms with Gasteiger partial charge in [-0.3, -0.25) is 9.79 Å². The first-order chi connectivity index (χ1) is 15.0. The van der Waals surface area contributed by atoms with Gasteiger partial charge in [0.2, 0.25) is 0 Å². The molecular weight excluding hydrogens is 399 g/mol. The fraction of sp³-hybridized carbons (Fsp3) is 0.500. The molecule has 2 aliphatic carbocycles. The lowest BCUT2D eigenvalue weighted by molar-refractivity contribution is -0.120. The van der Waals surface area contributed by atoms with Crippen molar-refractivity contribution in [1.29, 1.82) is 0 Å². The monoisotopic (exact) mass is 442 g/mol. The van der Waals surface area contributed by atoms with Crippen molar-refractivity contribution in [2.45, 2.75) is 78.6 Å². The molecular formula is C28H43FN2O. The van der Waals surface area contributed by atoms with Gasteiger partial charge in [0.15, 0.2) is 5.78 Å². The molecule has 0 aliphatic heterocycles. The van der Waals surface area contributed by atoms with E-state index >= 15 is 0 Å². The number of halogens is 1. The van der Waals surface area contributed by atoms with Crippen LogP contribution in [0.5, 0.6) is 0 Å². The highest BCUT2D eigenvalue weighted by molar-refractivity contribution is 6.06. The first-order valence-electron chi connectivity index (χ1n) is 11.9. The zero-order valence-electron chi connectivity index (χ0n) is 20.6. The van der Waals surface area contributed by atoms with E-state index in [9.17, 15) is 9.18 Å². The van der Waals surface area contributed by atoms with Gasteiger partial charge in [0.25, 0.3) is 0 Å². The summed E-state index contributed by atoms with van der Waals surface area (Å²) in [6.45, 7) is 8.20. The van der Waals surface area contributed by atoms with E-state index in [1.54, 1.807) is 0 Å². The van der Waals surface area contributed by atoms with Gasteiger partial charge in [-0.25, -0.2) is 4.39 Å². The first kappa shape index (κ1) is 27.7. The Balaban J connectivity index is 0.00000249. The number of hydrogen-bond donors (Lipinski definition) is 1. The Hall–Kier alpha value is -2.33. The van der Waals surface area contributed by atoms with Crippen LogP contribution in [-0.4, -0.2) is 18.5 Å². The lowest BCUT2D eigenvalue weighted by Gasteiger charge is -2.31. The Morgan fingerprint density at radius 3 is 2.44 bits per heavy atom. The summed E-state index contributed by atoms with van der Waals surface area (Å²) in [6, 6.07) is 6.72. The average Bonchev–Trinajstić information content (AvgIpc) is 2.80. The van der Waals surface area contributed by atoms with Gasteiger partial charge < -0.3 is 6.15 Å². The topological polar surface area (TPSA) is 64.4 Å². The summed E-state index contributed by atoms with van der Waals surface area (Å²) in [5.74, 6) is 0.105. The van der Waals surface area contributed by atoms with Gasteiger partial charge in [-0.05, 0) is 74.3 Å². The minimum Gasteiger partial charge on any atom is -0.344 e. The molecule has 2 atom stereocenters. The second kappa shape index (κ2) is 13.9. The molecule has 3 rings (SSSR count). The molecule has 0 aromatic heterocycles.